The van der Waals surface area contributed by atoms with E-state index in [-0.39, 0.29) is 55.5 Å². The van der Waals surface area contributed by atoms with Crippen LogP contribution in [0.25, 0.3) is 0 Å². The second-order valence-corrected chi connectivity index (χ2v) is 15.7. The maximum atomic E-state index is 13.8. The minimum Gasteiger partial charge on any atom is -0.378 e. The largest absolute Gasteiger partial charge is 0.378 e. The van der Waals surface area contributed by atoms with Crippen molar-refractivity contribution in [2.24, 2.45) is 11.8 Å². The number of likely N-dealkylation sites (tertiary alicyclic amines) is 1. The Morgan fingerprint density at radius 1 is 0.873 bits per heavy atom. The molecule has 1 amide bonds. The van der Waals surface area contributed by atoms with Crippen molar-refractivity contribution in [2.45, 2.75) is 108 Å². The first-order chi connectivity index (χ1) is 26.6. The molecule has 1 saturated carbocycles. The number of fused-ring (bicyclic) bond motifs is 2. The van der Waals surface area contributed by atoms with Crippen molar-refractivity contribution in [2.75, 3.05) is 79.0 Å². The molecular weight excluding hydrogens is 706 g/mol. The highest BCUT2D eigenvalue weighted by atomic mass is 19.3. The molecule has 2 unspecified atom stereocenters. The molecule has 3 N–H and O–H groups in total. The van der Waals surface area contributed by atoms with Gasteiger partial charge in [-0.2, -0.15) is 0 Å². The highest BCUT2D eigenvalue weighted by Gasteiger charge is 2.44. The van der Waals surface area contributed by atoms with Gasteiger partial charge in [0.15, 0.2) is 0 Å². The molecule has 1 aliphatic carbocycles. The lowest BCUT2D eigenvalue weighted by Crippen LogP contribution is -2.55. The lowest BCUT2D eigenvalue weighted by Gasteiger charge is -2.45. The standard InChI is InChI=1S/C42H64F2N6O5/c1-3-22-52-24-26-54-28-29-55-27-25-53-23-21-48-18-13-34(14-19-48)40(46)50(32(2)45)38-30-36-9-10-37(31-38)49(36)20-15-39(33-7-5-4-6-8-33)47-41(51)35-11-16-42(43,44)17-12-35/h1,4-8,34-39,45-46H,9-31H2,2H3,(H,47,51)/t36?,37?,38?,39-/m0/s1. The normalized spacial score (nSPS) is 23.9. The number of carbonyl (C=O) groups excluding carboxylic acids is 1. The van der Waals surface area contributed by atoms with Gasteiger partial charge in [-0.3, -0.25) is 20.5 Å². The molecule has 306 valence electrons. The van der Waals surface area contributed by atoms with Gasteiger partial charge in [0.05, 0.1) is 58.1 Å². The summed E-state index contributed by atoms with van der Waals surface area (Å²) in [6, 6.07) is 10.7. The third kappa shape index (κ3) is 13.3. The summed E-state index contributed by atoms with van der Waals surface area (Å²) in [5.41, 5.74) is 1.04. The SMILES string of the molecule is C#CCOCCOCCOCCOCCN1CCC(C(=N)N(C(C)=N)C2CC3CCC(C2)N3CC[C@H](NC(=O)C2CCC(F)(F)CC2)c2ccccc2)CC1. The lowest BCUT2D eigenvalue weighted by atomic mass is 9.86. The number of terminal acetylenes is 1. The Labute approximate surface area is 327 Å². The Morgan fingerprint density at radius 2 is 1.45 bits per heavy atom. The molecule has 4 aliphatic rings. The predicted octanol–water partition coefficient (Wildman–Crippen LogP) is 5.74. The fourth-order valence-electron chi connectivity index (χ4n) is 8.96. The smallest absolute Gasteiger partial charge is 0.248 e. The number of carbonyl (C=O) groups is 1. The molecule has 0 radical (unpaired) electrons. The number of ether oxygens (including phenoxy) is 4. The fraction of sp³-hybridized carbons (Fsp3) is 0.738. The molecule has 3 saturated heterocycles. The molecule has 1 aromatic carbocycles. The minimum absolute atomic E-state index is 0.111. The monoisotopic (exact) mass is 770 g/mol. The summed E-state index contributed by atoms with van der Waals surface area (Å²) in [6.45, 7) is 9.33. The zero-order valence-corrected chi connectivity index (χ0v) is 32.8. The summed E-state index contributed by atoms with van der Waals surface area (Å²) in [7, 11) is 0. The third-order valence-corrected chi connectivity index (χ3v) is 12.0. The van der Waals surface area contributed by atoms with E-state index >= 15 is 0 Å². The quantitative estimate of drug-likeness (QED) is 0.0627. The number of hydrogen-bond acceptors (Lipinski definition) is 9. The van der Waals surface area contributed by atoms with Gasteiger partial charge in [0.25, 0.3) is 0 Å². The van der Waals surface area contributed by atoms with Gasteiger partial charge in [-0.25, -0.2) is 8.78 Å². The predicted molar refractivity (Wildman–Crippen MR) is 210 cm³/mol. The van der Waals surface area contributed by atoms with Crippen LogP contribution in [0.5, 0.6) is 0 Å². The van der Waals surface area contributed by atoms with E-state index in [2.05, 4.69) is 21.0 Å². The Kier molecular flexibility index (Phi) is 17.3. The average molecular weight is 771 g/mol. The molecule has 2 bridgehead atoms. The molecule has 13 heteroatoms. The average Bonchev–Trinajstić information content (AvgIpc) is 3.41. The van der Waals surface area contributed by atoms with Crippen LogP contribution in [0, 0.1) is 35.0 Å². The van der Waals surface area contributed by atoms with Crippen molar-refractivity contribution in [3.8, 4) is 12.3 Å². The maximum Gasteiger partial charge on any atom is 0.248 e. The van der Waals surface area contributed by atoms with Gasteiger partial charge in [-0.05, 0) is 83.4 Å². The van der Waals surface area contributed by atoms with Crippen LogP contribution >= 0.6 is 0 Å². The topological polar surface area (TPSA) is 123 Å². The lowest BCUT2D eigenvalue weighted by molar-refractivity contribution is -0.130. The summed E-state index contributed by atoms with van der Waals surface area (Å²) >= 11 is 0. The van der Waals surface area contributed by atoms with Crippen molar-refractivity contribution in [3.05, 3.63) is 35.9 Å². The molecule has 4 fully saturated rings. The Balaban J connectivity index is 1.02. The van der Waals surface area contributed by atoms with Crippen LogP contribution in [-0.4, -0.2) is 135 Å². The molecule has 5 rings (SSSR count). The summed E-state index contributed by atoms with van der Waals surface area (Å²) in [5, 5.41) is 21.3. The second-order valence-electron chi connectivity index (χ2n) is 15.7. The second kappa shape index (κ2) is 22.1. The van der Waals surface area contributed by atoms with E-state index in [1.54, 1.807) is 0 Å². The zero-order chi connectivity index (χ0) is 39.0. The zero-order valence-electron chi connectivity index (χ0n) is 32.8. The summed E-state index contributed by atoms with van der Waals surface area (Å²) in [5.74, 6) is 0.463. The van der Waals surface area contributed by atoms with Gasteiger partial charge >= 0.3 is 0 Å². The van der Waals surface area contributed by atoms with Crippen LogP contribution in [0.4, 0.5) is 8.78 Å². The van der Waals surface area contributed by atoms with E-state index in [1.807, 2.05) is 42.2 Å². The fourth-order valence-corrected chi connectivity index (χ4v) is 8.96. The van der Waals surface area contributed by atoms with E-state index < -0.39 is 5.92 Å². The Hall–Kier alpha value is -2.99. The van der Waals surface area contributed by atoms with Crippen molar-refractivity contribution in [1.82, 2.24) is 20.0 Å². The van der Waals surface area contributed by atoms with Gasteiger partial charge in [0.1, 0.15) is 12.4 Å². The Morgan fingerprint density at radius 3 is 2.04 bits per heavy atom. The first kappa shape index (κ1) is 43.1. The highest BCUT2D eigenvalue weighted by molar-refractivity contribution is 5.98. The van der Waals surface area contributed by atoms with Crippen molar-refractivity contribution >= 4 is 17.6 Å². The van der Waals surface area contributed by atoms with E-state index in [0.29, 0.717) is 76.6 Å². The molecule has 1 aromatic rings. The molecule has 0 aromatic heterocycles. The van der Waals surface area contributed by atoms with Crippen LogP contribution in [0.1, 0.15) is 89.2 Å². The highest BCUT2D eigenvalue weighted by Crippen LogP contribution is 2.40. The van der Waals surface area contributed by atoms with E-state index in [9.17, 15) is 19.0 Å². The first-order valence-electron chi connectivity index (χ1n) is 20.5. The number of halogens is 2. The molecule has 3 heterocycles. The number of piperidine rings is 2. The molecule has 11 nitrogen and oxygen atoms in total. The van der Waals surface area contributed by atoms with Crippen LogP contribution in [-0.2, 0) is 23.7 Å². The number of benzene rings is 1. The van der Waals surface area contributed by atoms with E-state index in [4.69, 9.17) is 30.8 Å². The Bertz CT molecular complexity index is 1370. The number of amidine groups is 2. The number of amides is 1. The summed E-state index contributed by atoms with van der Waals surface area (Å²) < 4.78 is 49.5. The van der Waals surface area contributed by atoms with Crippen LogP contribution in [0.15, 0.2) is 30.3 Å². The van der Waals surface area contributed by atoms with Crippen molar-refractivity contribution in [3.63, 3.8) is 0 Å². The third-order valence-electron chi connectivity index (χ3n) is 12.0. The van der Waals surface area contributed by atoms with Crippen LogP contribution in [0.3, 0.4) is 0 Å². The van der Waals surface area contributed by atoms with Gasteiger partial charge in [0, 0.05) is 55.9 Å². The number of nitrogens with one attached hydrogen (secondary N) is 3. The number of nitrogens with zero attached hydrogens (tertiary/aromatic N) is 3. The first-order valence-corrected chi connectivity index (χ1v) is 20.5. The number of rotatable bonds is 21. The molecule has 3 aliphatic heterocycles. The van der Waals surface area contributed by atoms with Gasteiger partial charge in [-0.15, -0.1) is 6.42 Å². The molecule has 55 heavy (non-hydrogen) atoms. The minimum atomic E-state index is -2.66. The van der Waals surface area contributed by atoms with Crippen molar-refractivity contribution < 1.29 is 32.5 Å². The molecular formula is C42H64F2N6O5. The van der Waals surface area contributed by atoms with Crippen LogP contribution < -0.4 is 5.32 Å². The van der Waals surface area contributed by atoms with Gasteiger partial charge in [-0.1, -0.05) is 36.3 Å². The van der Waals surface area contributed by atoms with E-state index in [0.717, 1.165) is 76.7 Å². The van der Waals surface area contributed by atoms with Gasteiger partial charge < -0.3 is 34.1 Å². The van der Waals surface area contributed by atoms with E-state index in [1.165, 1.54) is 0 Å². The molecule has 3 atom stereocenters. The summed E-state index contributed by atoms with van der Waals surface area (Å²) in [4.78, 5) is 20.3. The van der Waals surface area contributed by atoms with Crippen molar-refractivity contribution in [1.29, 1.82) is 10.8 Å². The summed E-state index contributed by atoms with van der Waals surface area (Å²) in [6.07, 6.45) is 11.7. The van der Waals surface area contributed by atoms with Crippen LogP contribution in [0.2, 0.25) is 0 Å². The number of hydrogen-bond donors (Lipinski definition) is 3. The maximum absolute atomic E-state index is 13.8. The molecule has 0 spiro atoms. The number of alkyl halides is 2. The van der Waals surface area contributed by atoms with Gasteiger partial charge in [0.2, 0.25) is 11.8 Å².